The number of amides is 2. The molecule has 2 amide bonds. The highest BCUT2D eigenvalue weighted by Gasteiger charge is 2.43. The Morgan fingerprint density at radius 3 is 2.29 bits per heavy atom. The van der Waals surface area contributed by atoms with Crippen molar-refractivity contribution in [1.82, 2.24) is 19.7 Å². The van der Waals surface area contributed by atoms with Crippen LogP contribution in [0.2, 0.25) is 0 Å². The zero-order valence-corrected chi connectivity index (χ0v) is 20.2. The lowest BCUT2D eigenvalue weighted by Crippen LogP contribution is -2.47. The van der Waals surface area contributed by atoms with E-state index in [-0.39, 0.29) is 19.3 Å². The molecule has 1 N–H and O–H groups in total. The molecule has 2 unspecified atom stereocenters. The maximum Gasteiger partial charge on any atom is 0.416 e. The van der Waals surface area contributed by atoms with E-state index < -0.39 is 35.3 Å². The Bertz CT molecular complexity index is 1470. The van der Waals surface area contributed by atoms with Crippen LogP contribution in [0.5, 0.6) is 0 Å². The molecular formula is C27H23F3N4O4. The number of fused-ring (bicyclic) bond motifs is 1. The van der Waals surface area contributed by atoms with Gasteiger partial charge in [0.15, 0.2) is 11.9 Å². The zero-order chi connectivity index (χ0) is 27.1. The van der Waals surface area contributed by atoms with E-state index in [1.54, 1.807) is 13.0 Å². The summed E-state index contributed by atoms with van der Waals surface area (Å²) in [6, 6.07) is 15.6. The SMILES string of the molecule is CC(Cc1ccccc1)(c1ccnc2c(-c3ccc(C(F)(F)F)cc3)cnn12)C(O)ON1C(=O)CCC1=O. The Labute approximate surface area is 215 Å². The lowest BCUT2D eigenvalue weighted by atomic mass is 9.79. The van der Waals surface area contributed by atoms with E-state index >= 15 is 0 Å². The minimum atomic E-state index is -4.46. The number of nitrogens with zero attached hydrogens (tertiary/aromatic N) is 4. The molecule has 0 saturated carbocycles. The van der Waals surface area contributed by atoms with Crippen LogP contribution in [0.3, 0.4) is 0 Å². The molecule has 0 radical (unpaired) electrons. The van der Waals surface area contributed by atoms with Gasteiger partial charge in [0.1, 0.15) is 0 Å². The number of benzene rings is 2. The second-order valence-electron chi connectivity index (χ2n) is 9.32. The van der Waals surface area contributed by atoms with Crippen LogP contribution in [0.1, 0.15) is 36.6 Å². The predicted octanol–water partition coefficient (Wildman–Crippen LogP) is 4.31. The second-order valence-corrected chi connectivity index (χ2v) is 9.32. The van der Waals surface area contributed by atoms with E-state index in [2.05, 4.69) is 10.1 Å². The molecule has 1 aliphatic heterocycles. The summed E-state index contributed by atoms with van der Waals surface area (Å²) in [6.45, 7) is 1.71. The molecular weight excluding hydrogens is 501 g/mol. The normalized spacial score (nSPS) is 16.7. The van der Waals surface area contributed by atoms with Crippen molar-refractivity contribution in [3.8, 4) is 11.1 Å². The van der Waals surface area contributed by atoms with E-state index in [1.165, 1.54) is 29.0 Å². The summed E-state index contributed by atoms with van der Waals surface area (Å²) in [7, 11) is 0. The van der Waals surface area contributed by atoms with Crippen LogP contribution in [0.4, 0.5) is 13.2 Å². The molecule has 8 nitrogen and oxygen atoms in total. The first kappa shape index (κ1) is 25.6. The van der Waals surface area contributed by atoms with Crippen molar-refractivity contribution >= 4 is 17.5 Å². The molecule has 0 aliphatic carbocycles. The van der Waals surface area contributed by atoms with Crippen molar-refractivity contribution < 1.29 is 32.7 Å². The van der Waals surface area contributed by atoms with Gasteiger partial charge < -0.3 is 5.11 Å². The molecule has 4 aromatic rings. The van der Waals surface area contributed by atoms with Crippen LogP contribution in [-0.4, -0.2) is 42.9 Å². The molecule has 1 aliphatic rings. The summed E-state index contributed by atoms with van der Waals surface area (Å²) >= 11 is 0. The minimum Gasteiger partial charge on any atom is -0.365 e. The average molecular weight is 524 g/mol. The fraction of sp³-hybridized carbons (Fsp3) is 0.259. The van der Waals surface area contributed by atoms with E-state index in [4.69, 9.17) is 4.84 Å². The van der Waals surface area contributed by atoms with Crippen molar-refractivity contribution in [2.24, 2.45) is 0 Å². The van der Waals surface area contributed by atoms with Gasteiger partial charge >= 0.3 is 6.18 Å². The Kier molecular flexibility index (Phi) is 6.49. The smallest absolute Gasteiger partial charge is 0.365 e. The molecule has 1 saturated heterocycles. The number of rotatable bonds is 7. The first-order valence-electron chi connectivity index (χ1n) is 11.8. The molecule has 196 valence electrons. The number of hydrogen-bond donors (Lipinski definition) is 1. The lowest BCUT2D eigenvalue weighted by molar-refractivity contribution is -0.263. The van der Waals surface area contributed by atoms with Gasteiger partial charge in [-0.25, -0.2) is 14.3 Å². The largest absolute Gasteiger partial charge is 0.416 e. The lowest BCUT2D eigenvalue weighted by Gasteiger charge is -2.35. The fourth-order valence-electron chi connectivity index (χ4n) is 4.58. The fourth-order valence-corrected chi connectivity index (χ4v) is 4.58. The molecule has 2 aromatic heterocycles. The number of aliphatic hydroxyl groups is 1. The third-order valence-corrected chi connectivity index (χ3v) is 6.68. The molecule has 2 aromatic carbocycles. The van der Waals surface area contributed by atoms with Gasteiger partial charge in [-0.3, -0.25) is 9.59 Å². The number of hydrogen-bond acceptors (Lipinski definition) is 6. The molecule has 1 fully saturated rings. The maximum atomic E-state index is 13.0. The summed E-state index contributed by atoms with van der Waals surface area (Å²) in [6.07, 6.45) is -2.89. The Balaban J connectivity index is 1.58. The van der Waals surface area contributed by atoms with Crippen molar-refractivity contribution in [3.63, 3.8) is 0 Å². The van der Waals surface area contributed by atoms with Crippen molar-refractivity contribution in [2.45, 2.75) is 44.1 Å². The zero-order valence-electron chi connectivity index (χ0n) is 20.2. The highest BCUT2D eigenvalue weighted by Crippen LogP contribution is 2.36. The molecule has 0 spiro atoms. The highest BCUT2D eigenvalue weighted by molar-refractivity contribution is 6.00. The second kappa shape index (κ2) is 9.66. The monoisotopic (exact) mass is 524 g/mol. The quantitative estimate of drug-likeness (QED) is 0.286. The molecule has 3 heterocycles. The molecule has 38 heavy (non-hydrogen) atoms. The van der Waals surface area contributed by atoms with Crippen LogP contribution in [-0.2, 0) is 32.4 Å². The van der Waals surface area contributed by atoms with E-state index in [9.17, 15) is 27.9 Å². The minimum absolute atomic E-state index is 0.00387. The molecule has 2 atom stereocenters. The Morgan fingerprint density at radius 1 is 1.00 bits per heavy atom. The number of carbonyl (C=O) groups excluding carboxylic acids is 2. The number of aromatic nitrogens is 3. The highest BCUT2D eigenvalue weighted by atomic mass is 19.4. The van der Waals surface area contributed by atoms with E-state index in [1.807, 2.05) is 30.3 Å². The van der Waals surface area contributed by atoms with Gasteiger partial charge in [-0.1, -0.05) is 42.5 Å². The summed E-state index contributed by atoms with van der Waals surface area (Å²) in [5.41, 5.74) is 0.605. The first-order valence-corrected chi connectivity index (χ1v) is 11.8. The summed E-state index contributed by atoms with van der Waals surface area (Å²) in [4.78, 5) is 34.3. The van der Waals surface area contributed by atoms with Crippen LogP contribution in [0.15, 0.2) is 73.1 Å². The van der Waals surface area contributed by atoms with Gasteiger partial charge in [0.2, 0.25) is 0 Å². The van der Waals surface area contributed by atoms with Crippen molar-refractivity contribution in [3.05, 3.63) is 89.9 Å². The van der Waals surface area contributed by atoms with Gasteiger partial charge in [-0.05, 0) is 42.7 Å². The van der Waals surface area contributed by atoms with E-state index in [0.717, 1.165) is 17.7 Å². The van der Waals surface area contributed by atoms with Gasteiger partial charge in [-0.2, -0.15) is 23.3 Å². The third-order valence-electron chi connectivity index (χ3n) is 6.68. The summed E-state index contributed by atoms with van der Waals surface area (Å²) in [5.74, 6) is -1.08. The first-order chi connectivity index (χ1) is 18.1. The van der Waals surface area contributed by atoms with Crippen LogP contribution < -0.4 is 0 Å². The third kappa shape index (κ3) is 4.66. The number of alkyl halides is 3. The maximum absolute atomic E-state index is 13.0. The Morgan fingerprint density at radius 2 is 1.66 bits per heavy atom. The number of hydroxylamine groups is 2. The van der Waals surface area contributed by atoms with Gasteiger partial charge in [0.05, 0.1) is 22.9 Å². The number of imide groups is 1. The number of carbonyl (C=O) groups is 2. The van der Waals surface area contributed by atoms with Crippen LogP contribution in [0, 0.1) is 0 Å². The van der Waals surface area contributed by atoms with Crippen molar-refractivity contribution in [1.29, 1.82) is 0 Å². The predicted molar refractivity (Wildman–Crippen MR) is 129 cm³/mol. The van der Waals surface area contributed by atoms with Gasteiger partial charge in [-0.15, -0.1) is 0 Å². The number of halogens is 3. The van der Waals surface area contributed by atoms with Crippen molar-refractivity contribution in [2.75, 3.05) is 0 Å². The van der Waals surface area contributed by atoms with Crippen LogP contribution >= 0.6 is 0 Å². The molecule has 5 rings (SSSR count). The van der Waals surface area contributed by atoms with E-state index in [0.29, 0.717) is 27.5 Å². The van der Waals surface area contributed by atoms with Gasteiger partial charge in [0.25, 0.3) is 11.8 Å². The molecule has 11 heteroatoms. The topological polar surface area (TPSA) is 97.0 Å². The summed E-state index contributed by atoms with van der Waals surface area (Å²) < 4.78 is 40.6. The van der Waals surface area contributed by atoms with Crippen LogP contribution in [0.25, 0.3) is 16.8 Å². The standard InChI is InChI=1S/C27H23F3N4O4/c1-26(15-17-5-3-2-4-6-17,25(37)38-34-22(35)11-12-23(34)36)21-13-14-31-24-20(16-32-33(21)24)18-7-9-19(10-8-18)27(28,29)30/h2-10,13-14,16,25,37H,11-12,15H2,1H3. The average Bonchev–Trinajstić information content (AvgIpc) is 3.47. The van der Waals surface area contributed by atoms with Gasteiger partial charge in [0, 0.05) is 24.6 Å². The number of aliphatic hydroxyl groups excluding tert-OH is 1. The molecule has 0 bridgehead atoms. The summed E-state index contributed by atoms with van der Waals surface area (Å²) in [5, 5.41) is 16.4. The Hall–Kier alpha value is -4.09.